The summed E-state index contributed by atoms with van der Waals surface area (Å²) in [5.41, 5.74) is 0. The van der Waals surface area contributed by atoms with Crippen molar-refractivity contribution in [2.24, 2.45) is 0 Å². The molecule has 0 aromatic heterocycles. The Hall–Kier alpha value is 0.0800. The van der Waals surface area contributed by atoms with E-state index in [1.54, 1.807) is 0 Å². The second kappa shape index (κ2) is 2.33. The Kier molecular flexibility index (Phi) is 2.36. The van der Waals surface area contributed by atoms with Crippen molar-refractivity contribution in [3.63, 3.8) is 0 Å². The van der Waals surface area contributed by atoms with Gasteiger partial charge in [-0.1, -0.05) is 0 Å². The molecule has 0 aliphatic rings. The molecule has 0 aliphatic heterocycles. The molecule has 0 fully saturated rings. The first-order chi connectivity index (χ1) is 2.27. The Bertz CT molecular complexity index is 42.2. The summed E-state index contributed by atoms with van der Waals surface area (Å²) < 4.78 is 21.4. The number of hydrogen-bond donors (Lipinski definition) is 1. The standard InChI is InChI=1S/FH2O3P/c1-4-5(2)3/h5H,(H,2,3). The minimum atomic E-state index is -3.29. The lowest BCUT2D eigenvalue weighted by Gasteiger charge is -1.71. The van der Waals surface area contributed by atoms with Gasteiger partial charge in [-0.15, -0.1) is 4.73 Å². The molecule has 0 bridgehead atoms. The van der Waals surface area contributed by atoms with Crippen molar-refractivity contribution in [2.45, 2.75) is 0 Å². The SMILES string of the molecule is O=[PH](O)OF. The van der Waals surface area contributed by atoms with Crippen LogP contribution in [0.15, 0.2) is 0 Å². The van der Waals surface area contributed by atoms with Crippen LogP contribution in [0.3, 0.4) is 0 Å². The van der Waals surface area contributed by atoms with Gasteiger partial charge in [0.15, 0.2) is 0 Å². The average molecular weight is 100.0 g/mol. The fraction of sp³-hybridized carbons (Fsp3) is 0. The largest absolute Gasteiger partial charge is 0.350 e. The van der Waals surface area contributed by atoms with E-state index in [1.165, 1.54) is 0 Å². The fourth-order valence-corrected chi connectivity index (χ4v) is 0. The minimum Gasteiger partial charge on any atom is -0.325 e. The predicted molar refractivity (Wildman–Crippen MR) is 13.4 cm³/mol. The maximum Gasteiger partial charge on any atom is 0.350 e. The third-order valence-electron chi connectivity index (χ3n) is 0.0660. The highest BCUT2D eigenvalue weighted by atomic mass is 31.1. The molecule has 5 heavy (non-hydrogen) atoms. The smallest absolute Gasteiger partial charge is 0.325 e. The van der Waals surface area contributed by atoms with E-state index in [2.05, 4.69) is 4.73 Å². The van der Waals surface area contributed by atoms with E-state index in [-0.39, 0.29) is 0 Å². The van der Waals surface area contributed by atoms with Crippen molar-refractivity contribution in [3.8, 4) is 0 Å². The van der Waals surface area contributed by atoms with Gasteiger partial charge in [0, 0.05) is 0 Å². The summed E-state index contributed by atoms with van der Waals surface area (Å²) in [6.45, 7) is 0. The molecule has 0 heterocycles. The van der Waals surface area contributed by atoms with E-state index in [0.717, 1.165) is 0 Å². The Morgan fingerprint density at radius 2 is 2.20 bits per heavy atom. The zero-order chi connectivity index (χ0) is 4.28. The van der Waals surface area contributed by atoms with E-state index < -0.39 is 8.25 Å². The molecule has 0 spiro atoms. The van der Waals surface area contributed by atoms with Gasteiger partial charge in [-0.05, 0) is 4.53 Å². The van der Waals surface area contributed by atoms with Gasteiger partial charge < -0.3 is 4.89 Å². The average Bonchev–Trinajstić information content (AvgIpc) is 1.38. The second-order valence-electron chi connectivity index (χ2n) is 0.343. The van der Waals surface area contributed by atoms with Crippen molar-refractivity contribution in [1.29, 1.82) is 0 Å². The second-order valence-corrected chi connectivity index (χ2v) is 1.03. The maximum absolute atomic E-state index is 10.1. The summed E-state index contributed by atoms with van der Waals surface area (Å²) in [5.74, 6) is 0. The molecule has 0 aliphatic carbocycles. The number of hydrogen-bond acceptors (Lipinski definition) is 2. The molecule has 0 saturated heterocycles. The lowest BCUT2D eigenvalue weighted by Crippen LogP contribution is -1.48. The Labute approximate surface area is 28.2 Å². The molecule has 1 unspecified atom stereocenters. The van der Waals surface area contributed by atoms with Crippen LogP contribution in [-0.2, 0) is 9.29 Å². The number of halogens is 1. The normalized spacial score (nSPS) is 14.8. The molecule has 5 heteroatoms. The van der Waals surface area contributed by atoms with E-state index in [1.807, 2.05) is 0 Å². The zero-order valence-electron chi connectivity index (χ0n) is 2.14. The summed E-state index contributed by atoms with van der Waals surface area (Å²) >= 11 is 0. The summed E-state index contributed by atoms with van der Waals surface area (Å²) in [6.07, 6.45) is 0. The van der Waals surface area contributed by atoms with Crippen LogP contribution in [0, 0.1) is 0 Å². The van der Waals surface area contributed by atoms with E-state index in [9.17, 15) is 4.53 Å². The summed E-state index contributed by atoms with van der Waals surface area (Å²) in [7, 11) is -3.29. The highest BCUT2D eigenvalue weighted by Crippen LogP contribution is 2.12. The van der Waals surface area contributed by atoms with Gasteiger partial charge >= 0.3 is 8.25 Å². The van der Waals surface area contributed by atoms with Crippen LogP contribution < -0.4 is 0 Å². The maximum atomic E-state index is 10.1. The Morgan fingerprint density at radius 3 is 2.20 bits per heavy atom. The molecular formula is H2FO3P. The Morgan fingerprint density at radius 1 is 2.00 bits per heavy atom. The van der Waals surface area contributed by atoms with Crippen LogP contribution in [0.5, 0.6) is 0 Å². The molecule has 0 radical (unpaired) electrons. The van der Waals surface area contributed by atoms with Crippen molar-refractivity contribution in [1.82, 2.24) is 0 Å². The molecular weight excluding hydrogens is 98.0 g/mol. The first-order valence-electron chi connectivity index (χ1n) is 0.786. The van der Waals surface area contributed by atoms with E-state index in [4.69, 9.17) is 9.46 Å². The lowest BCUT2D eigenvalue weighted by molar-refractivity contribution is -0.00917. The van der Waals surface area contributed by atoms with E-state index in [0.29, 0.717) is 0 Å². The minimum absolute atomic E-state index is 2.35. The van der Waals surface area contributed by atoms with Gasteiger partial charge in [0.2, 0.25) is 0 Å². The van der Waals surface area contributed by atoms with Crippen LogP contribution in [0.2, 0.25) is 0 Å². The van der Waals surface area contributed by atoms with Gasteiger partial charge in [0.25, 0.3) is 0 Å². The van der Waals surface area contributed by atoms with Gasteiger partial charge in [-0.2, -0.15) is 0 Å². The highest BCUT2D eigenvalue weighted by Gasteiger charge is 1.80. The number of rotatable bonds is 1. The summed E-state index contributed by atoms with van der Waals surface area (Å²) in [5, 5.41) is 0. The third-order valence-corrected chi connectivity index (χ3v) is 0.198. The van der Waals surface area contributed by atoms with Crippen molar-refractivity contribution < 1.29 is 18.7 Å². The first kappa shape index (κ1) is 5.08. The van der Waals surface area contributed by atoms with Crippen molar-refractivity contribution >= 4 is 8.25 Å². The monoisotopic (exact) mass is 100.0 g/mol. The van der Waals surface area contributed by atoms with Crippen LogP contribution in [-0.4, -0.2) is 4.89 Å². The molecule has 1 N–H and O–H groups in total. The molecule has 0 rings (SSSR count). The topological polar surface area (TPSA) is 46.5 Å². The zero-order valence-corrected chi connectivity index (χ0v) is 3.14. The molecule has 1 atom stereocenters. The molecule has 32 valence electrons. The van der Waals surface area contributed by atoms with Gasteiger partial charge in [0.05, 0.1) is 0 Å². The first-order valence-corrected chi connectivity index (χ1v) is 2.05. The lowest BCUT2D eigenvalue weighted by atomic mass is 15.6. The molecule has 0 aromatic rings. The molecule has 0 aromatic carbocycles. The molecule has 0 saturated carbocycles. The quantitative estimate of drug-likeness (QED) is 0.481. The highest BCUT2D eigenvalue weighted by molar-refractivity contribution is 7.31. The van der Waals surface area contributed by atoms with Gasteiger partial charge in [-0.3, -0.25) is 4.57 Å². The fourth-order valence-electron chi connectivity index (χ4n) is 0. The molecule has 0 amide bonds. The predicted octanol–water partition coefficient (Wildman–Crippen LogP) is 0.269. The summed E-state index contributed by atoms with van der Waals surface area (Å²) in [4.78, 5) is 7.31. The third kappa shape index (κ3) is 4.08. The summed E-state index contributed by atoms with van der Waals surface area (Å²) in [6, 6.07) is 0. The van der Waals surface area contributed by atoms with Crippen LogP contribution in [0.25, 0.3) is 0 Å². The van der Waals surface area contributed by atoms with Crippen LogP contribution in [0.4, 0.5) is 4.53 Å². The van der Waals surface area contributed by atoms with Gasteiger partial charge in [0.1, 0.15) is 0 Å². The van der Waals surface area contributed by atoms with Gasteiger partial charge in [-0.25, -0.2) is 0 Å². The Balaban J connectivity index is 2.85. The molecule has 3 nitrogen and oxygen atoms in total. The van der Waals surface area contributed by atoms with Crippen molar-refractivity contribution in [3.05, 3.63) is 0 Å². The van der Waals surface area contributed by atoms with Crippen LogP contribution in [0.1, 0.15) is 0 Å². The van der Waals surface area contributed by atoms with Crippen molar-refractivity contribution in [2.75, 3.05) is 0 Å². The van der Waals surface area contributed by atoms with Crippen LogP contribution >= 0.6 is 8.25 Å². The van der Waals surface area contributed by atoms with E-state index >= 15 is 0 Å².